The van der Waals surface area contributed by atoms with E-state index in [1.54, 1.807) is 23.1 Å². The van der Waals surface area contributed by atoms with E-state index >= 15 is 0 Å². The zero-order chi connectivity index (χ0) is 17.8. The Balaban J connectivity index is 0.00000243. The van der Waals surface area contributed by atoms with Gasteiger partial charge in [0.05, 0.1) is 12.5 Å². The topological polar surface area (TPSA) is 117 Å². The summed E-state index contributed by atoms with van der Waals surface area (Å²) in [5.74, 6) is -0.665. The second-order valence-corrected chi connectivity index (χ2v) is 5.92. The Labute approximate surface area is 156 Å². The van der Waals surface area contributed by atoms with Crippen LogP contribution in [0.5, 0.6) is 11.5 Å². The number of carbonyl (C=O) groups excluding carboxylic acids is 2. The molecule has 9 nitrogen and oxygen atoms in total. The highest BCUT2D eigenvalue weighted by atomic mass is 35.5. The van der Waals surface area contributed by atoms with Gasteiger partial charge in [-0.3, -0.25) is 19.8 Å². The van der Waals surface area contributed by atoms with E-state index in [9.17, 15) is 14.4 Å². The fraction of sp³-hybridized carbons (Fsp3) is 0.438. The molecule has 2 aliphatic rings. The maximum atomic E-state index is 11.9. The number of urea groups is 1. The van der Waals surface area contributed by atoms with Crippen LogP contribution in [0.1, 0.15) is 6.42 Å². The van der Waals surface area contributed by atoms with Gasteiger partial charge in [-0.2, -0.15) is 0 Å². The van der Waals surface area contributed by atoms with Crippen molar-refractivity contribution in [1.29, 1.82) is 0 Å². The molecule has 1 aromatic carbocycles. The summed E-state index contributed by atoms with van der Waals surface area (Å²) >= 11 is 0. The van der Waals surface area contributed by atoms with Gasteiger partial charge in [-0.15, -0.1) is 12.4 Å². The number of carboxylic acid groups (broad SMARTS) is 1. The van der Waals surface area contributed by atoms with Crippen LogP contribution < -0.4 is 20.1 Å². The lowest BCUT2D eigenvalue weighted by molar-refractivity contribution is -0.141. The molecule has 142 valence electrons. The van der Waals surface area contributed by atoms with Crippen LogP contribution in [0.4, 0.5) is 10.5 Å². The number of likely N-dealkylation sites (tertiary alicyclic amines) is 1. The summed E-state index contributed by atoms with van der Waals surface area (Å²) in [6.07, 6.45) is 0.506. The van der Waals surface area contributed by atoms with E-state index in [0.717, 1.165) is 0 Å². The Morgan fingerprint density at radius 2 is 1.92 bits per heavy atom. The fourth-order valence-corrected chi connectivity index (χ4v) is 2.83. The summed E-state index contributed by atoms with van der Waals surface area (Å²) < 4.78 is 10.8. The summed E-state index contributed by atoms with van der Waals surface area (Å²) in [7, 11) is 0. The van der Waals surface area contributed by atoms with Gasteiger partial charge >= 0.3 is 12.0 Å². The fourth-order valence-electron chi connectivity index (χ4n) is 2.83. The van der Waals surface area contributed by atoms with Crippen molar-refractivity contribution in [1.82, 2.24) is 10.2 Å². The van der Waals surface area contributed by atoms with E-state index in [4.69, 9.17) is 14.6 Å². The normalized spacial score (nSPS) is 18.5. The van der Waals surface area contributed by atoms with Crippen molar-refractivity contribution in [2.75, 3.05) is 38.2 Å². The first-order valence-electron chi connectivity index (χ1n) is 7.97. The molecule has 0 saturated carbocycles. The molecule has 10 heteroatoms. The number of fused-ring (bicyclic) bond motifs is 1. The van der Waals surface area contributed by atoms with Crippen LogP contribution in [0.25, 0.3) is 0 Å². The molecule has 3 amide bonds. The van der Waals surface area contributed by atoms with Crippen LogP contribution in [0.15, 0.2) is 18.2 Å². The molecule has 0 radical (unpaired) electrons. The van der Waals surface area contributed by atoms with Crippen molar-refractivity contribution in [3.8, 4) is 11.5 Å². The van der Waals surface area contributed by atoms with E-state index in [1.807, 2.05) is 0 Å². The summed E-state index contributed by atoms with van der Waals surface area (Å²) in [5, 5.41) is 13.7. The number of aliphatic carboxylic acids is 1. The van der Waals surface area contributed by atoms with Gasteiger partial charge in [-0.05, 0) is 25.1 Å². The van der Waals surface area contributed by atoms with Crippen molar-refractivity contribution in [2.24, 2.45) is 5.92 Å². The largest absolute Gasteiger partial charge is 0.486 e. The number of imide groups is 1. The minimum absolute atomic E-state index is 0. The first kappa shape index (κ1) is 19.8. The van der Waals surface area contributed by atoms with Gasteiger partial charge in [0, 0.05) is 18.3 Å². The number of rotatable bonds is 4. The third-order valence-corrected chi connectivity index (χ3v) is 4.04. The average Bonchev–Trinajstić information content (AvgIpc) is 3.03. The lowest BCUT2D eigenvalue weighted by atomic mass is 10.1. The molecule has 0 spiro atoms. The predicted octanol–water partition coefficient (Wildman–Crippen LogP) is 0.934. The molecule has 2 aliphatic heterocycles. The molecule has 1 saturated heterocycles. The molecule has 0 aromatic heterocycles. The number of nitrogens with zero attached hydrogens (tertiary/aromatic N) is 1. The Bertz CT molecular complexity index is 699. The number of hydrogen-bond acceptors (Lipinski definition) is 6. The van der Waals surface area contributed by atoms with Gasteiger partial charge in [-0.1, -0.05) is 0 Å². The second-order valence-electron chi connectivity index (χ2n) is 5.92. The smallest absolute Gasteiger partial charge is 0.325 e. The molecule has 1 atom stereocenters. The van der Waals surface area contributed by atoms with E-state index < -0.39 is 23.8 Å². The van der Waals surface area contributed by atoms with Gasteiger partial charge in [-0.25, -0.2) is 4.79 Å². The van der Waals surface area contributed by atoms with Crippen LogP contribution in [0.2, 0.25) is 0 Å². The van der Waals surface area contributed by atoms with Crippen molar-refractivity contribution in [2.45, 2.75) is 6.42 Å². The van der Waals surface area contributed by atoms with E-state index in [-0.39, 0.29) is 19.0 Å². The third kappa shape index (κ3) is 4.99. The number of carbonyl (C=O) groups is 3. The molecule has 2 heterocycles. The number of anilines is 1. The molecular weight excluding hydrogens is 366 g/mol. The van der Waals surface area contributed by atoms with Crippen LogP contribution in [-0.4, -0.2) is 60.8 Å². The van der Waals surface area contributed by atoms with Crippen LogP contribution in [-0.2, 0) is 9.59 Å². The highest BCUT2D eigenvalue weighted by Gasteiger charge is 2.29. The minimum Gasteiger partial charge on any atom is -0.486 e. The third-order valence-electron chi connectivity index (χ3n) is 4.04. The Kier molecular flexibility index (Phi) is 6.64. The van der Waals surface area contributed by atoms with E-state index in [0.29, 0.717) is 49.9 Å². The quantitative estimate of drug-likeness (QED) is 0.705. The van der Waals surface area contributed by atoms with Crippen LogP contribution in [0, 0.1) is 5.92 Å². The van der Waals surface area contributed by atoms with Gasteiger partial charge in [0.15, 0.2) is 11.5 Å². The maximum Gasteiger partial charge on any atom is 0.325 e. The lowest BCUT2D eigenvalue weighted by Crippen LogP contribution is -2.41. The summed E-state index contributed by atoms with van der Waals surface area (Å²) in [4.78, 5) is 36.4. The molecule has 26 heavy (non-hydrogen) atoms. The number of halogens is 1. The summed E-state index contributed by atoms with van der Waals surface area (Å²) in [5.41, 5.74) is 0.474. The number of nitrogens with one attached hydrogen (secondary N) is 2. The number of hydrogen-bond donors (Lipinski definition) is 3. The molecule has 3 N–H and O–H groups in total. The number of amides is 3. The number of ether oxygens (including phenoxy) is 2. The highest BCUT2D eigenvalue weighted by molar-refractivity contribution is 6.01. The van der Waals surface area contributed by atoms with Gasteiger partial charge in [0.25, 0.3) is 0 Å². The van der Waals surface area contributed by atoms with Crippen molar-refractivity contribution < 1.29 is 29.0 Å². The van der Waals surface area contributed by atoms with Crippen LogP contribution in [0.3, 0.4) is 0 Å². The van der Waals surface area contributed by atoms with Crippen LogP contribution >= 0.6 is 12.4 Å². The van der Waals surface area contributed by atoms with Crippen molar-refractivity contribution in [3.05, 3.63) is 18.2 Å². The molecule has 0 bridgehead atoms. The molecule has 1 aromatic rings. The monoisotopic (exact) mass is 385 g/mol. The summed E-state index contributed by atoms with van der Waals surface area (Å²) in [6, 6.07) is 4.30. The van der Waals surface area contributed by atoms with E-state index in [1.165, 1.54) is 0 Å². The Morgan fingerprint density at radius 1 is 1.19 bits per heavy atom. The average molecular weight is 386 g/mol. The van der Waals surface area contributed by atoms with Gasteiger partial charge in [0.1, 0.15) is 13.2 Å². The number of carboxylic acids is 1. The van der Waals surface area contributed by atoms with Crippen molar-refractivity contribution >= 4 is 36.0 Å². The maximum absolute atomic E-state index is 11.9. The molecular formula is C16H20ClN3O6. The first-order valence-corrected chi connectivity index (χ1v) is 7.97. The van der Waals surface area contributed by atoms with E-state index in [2.05, 4.69) is 10.6 Å². The Morgan fingerprint density at radius 3 is 2.62 bits per heavy atom. The first-order chi connectivity index (χ1) is 12.0. The number of benzene rings is 1. The minimum atomic E-state index is -0.862. The SMILES string of the molecule is Cl.O=C(CN1CCC(C(=O)O)C1)NC(=O)Nc1ccc2c(c1)OCCO2. The van der Waals surface area contributed by atoms with Gasteiger partial charge in [0.2, 0.25) is 5.91 Å². The highest BCUT2D eigenvalue weighted by Crippen LogP contribution is 2.32. The Hall–Kier alpha value is -2.52. The van der Waals surface area contributed by atoms with Crippen molar-refractivity contribution in [3.63, 3.8) is 0 Å². The standard InChI is InChI=1S/C16H19N3O6.ClH/c20-14(9-19-4-3-10(8-19)15(21)22)18-16(23)17-11-1-2-12-13(7-11)25-6-5-24-12;/h1-2,7,10H,3-6,8-9H2,(H,21,22)(H2,17,18,20,23);1H. The second kappa shape index (κ2) is 8.72. The van der Waals surface area contributed by atoms with Gasteiger partial charge < -0.3 is 19.9 Å². The lowest BCUT2D eigenvalue weighted by Gasteiger charge is -2.19. The predicted molar refractivity (Wildman–Crippen MR) is 94.0 cm³/mol. The molecule has 0 aliphatic carbocycles. The molecule has 1 unspecified atom stereocenters. The zero-order valence-corrected chi connectivity index (χ0v) is 14.7. The zero-order valence-electron chi connectivity index (χ0n) is 13.9. The molecule has 3 rings (SSSR count). The molecule has 1 fully saturated rings. The summed E-state index contributed by atoms with van der Waals surface area (Å²) in [6.45, 7) is 1.74.